The van der Waals surface area contributed by atoms with Crippen LogP contribution in [0.4, 0.5) is 0 Å². The Hall–Kier alpha value is -2.15. The Kier molecular flexibility index (Phi) is 6.88. The van der Waals surface area contributed by atoms with E-state index in [9.17, 15) is 0 Å². The van der Waals surface area contributed by atoms with Gasteiger partial charge in [0.25, 0.3) is 0 Å². The molecule has 0 aliphatic rings. The van der Waals surface area contributed by atoms with Gasteiger partial charge in [-0.2, -0.15) is 0 Å². The Bertz CT molecular complexity index is 870. The number of hydrogen-bond donors (Lipinski definition) is 2. The van der Waals surface area contributed by atoms with Crippen molar-refractivity contribution < 1.29 is 5.11 Å². The quantitative estimate of drug-likeness (QED) is 0.447. The second kappa shape index (κ2) is 9.37. The number of aliphatic hydroxyl groups is 1. The predicted molar refractivity (Wildman–Crippen MR) is 116 cm³/mol. The van der Waals surface area contributed by atoms with Crippen molar-refractivity contribution in [2.75, 3.05) is 25.4 Å². The molecule has 0 unspecified atom stereocenters. The van der Waals surface area contributed by atoms with Crippen LogP contribution in [-0.4, -0.2) is 45.3 Å². The summed E-state index contributed by atoms with van der Waals surface area (Å²) in [6.07, 6.45) is 0. The van der Waals surface area contributed by atoms with Crippen molar-refractivity contribution in [3.8, 4) is 17.1 Å². The Labute approximate surface area is 171 Å². The van der Waals surface area contributed by atoms with Gasteiger partial charge in [0.05, 0.1) is 6.61 Å². The van der Waals surface area contributed by atoms with Gasteiger partial charge in [-0.3, -0.25) is 4.57 Å². The SMILES string of the molecule is CC(C)(C)c1ccc(-c2nnc(SCCNCCO)n2-c2ccccc2)cc1. The fraction of sp³-hybridized carbons (Fsp3) is 0.364. The van der Waals surface area contributed by atoms with Crippen LogP contribution in [-0.2, 0) is 5.41 Å². The highest BCUT2D eigenvalue weighted by atomic mass is 32.2. The number of hydrogen-bond acceptors (Lipinski definition) is 5. The number of para-hydroxylation sites is 1. The molecular weight excluding hydrogens is 368 g/mol. The molecule has 0 amide bonds. The van der Waals surface area contributed by atoms with Crippen LogP contribution in [0.2, 0.25) is 0 Å². The molecule has 28 heavy (non-hydrogen) atoms. The highest BCUT2D eigenvalue weighted by Crippen LogP contribution is 2.29. The van der Waals surface area contributed by atoms with Crippen molar-refractivity contribution in [3.05, 3.63) is 60.2 Å². The minimum Gasteiger partial charge on any atom is -0.395 e. The van der Waals surface area contributed by atoms with Gasteiger partial charge in [-0.1, -0.05) is 75.0 Å². The molecule has 3 aromatic rings. The maximum Gasteiger partial charge on any atom is 0.196 e. The molecular formula is C22H28N4OS. The number of thioether (sulfide) groups is 1. The lowest BCUT2D eigenvalue weighted by atomic mass is 9.87. The molecule has 1 heterocycles. The highest BCUT2D eigenvalue weighted by molar-refractivity contribution is 7.99. The van der Waals surface area contributed by atoms with E-state index < -0.39 is 0 Å². The Morgan fingerprint density at radius 3 is 2.32 bits per heavy atom. The second-order valence-corrected chi connectivity index (χ2v) is 8.69. The topological polar surface area (TPSA) is 63.0 Å². The molecule has 0 fully saturated rings. The lowest BCUT2D eigenvalue weighted by Crippen LogP contribution is -2.20. The molecule has 2 aromatic carbocycles. The second-order valence-electron chi connectivity index (χ2n) is 7.63. The Balaban J connectivity index is 1.91. The fourth-order valence-corrected chi connectivity index (χ4v) is 3.75. The molecule has 0 radical (unpaired) electrons. The third-order valence-electron chi connectivity index (χ3n) is 4.46. The van der Waals surface area contributed by atoms with Crippen molar-refractivity contribution in [3.63, 3.8) is 0 Å². The van der Waals surface area contributed by atoms with Gasteiger partial charge >= 0.3 is 0 Å². The van der Waals surface area contributed by atoms with E-state index in [1.807, 2.05) is 18.2 Å². The highest BCUT2D eigenvalue weighted by Gasteiger charge is 2.18. The molecule has 5 nitrogen and oxygen atoms in total. The standard InChI is InChI=1S/C22H28N4OS/c1-22(2,3)18-11-9-17(10-12-18)20-24-25-21(28-16-14-23-13-15-27)26(20)19-7-5-4-6-8-19/h4-12,23,27H,13-16H2,1-3H3. The van der Waals surface area contributed by atoms with E-state index >= 15 is 0 Å². The Morgan fingerprint density at radius 2 is 1.68 bits per heavy atom. The van der Waals surface area contributed by atoms with E-state index in [1.165, 1.54) is 5.56 Å². The van der Waals surface area contributed by atoms with Gasteiger partial charge in [-0.15, -0.1) is 10.2 Å². The molecule has 0 atom stereocenters. The zero-order valence-electron chi connectivity index (χ0n) is 16.7. The summed E-state index contributed by atoms with van der Waals surface area (Å²) in [4.78, 5) is 0. The summed E-state index contributed by atoms with van der Waals surface area (Å²) in [6.45, 7) is 8.22. The van der Waals surface area contributed by atoms with Crippen LogP contribution in [0, 0.1) is 0 Å². The zero-order chi connectivity index (χ0) is 20.0. The first-order chi connectivity index (χ1) is 13.5. The van der Waals surface area contributed by atoms with Crippen molar-refractivity contribution in [1.82, 2.24) is 20.1 Å². The molecule has 0 saturated heterocycles. The van der Waals surface area contributed by atoms with Crippen molar-refractivity contribution in [1.29, 1.82) is 0 Å². The molecule has 1 aromatic heterocycles. The van der Waals surface area contributed by atoms with Gasteiger partial charge < -0.3 is 10.4 Å². The van der Waals surface area contributed by atoms with E-state index in [4.69, 9.17) is 5.11 Å². The average molecular weight is 397 g/mol. The van der Waals surface area contributed by atoms with Gasteiger partial charge in [0.15, 0.2) is 11.0 Å². The number of nitrogens with zero attached hydrogens (tertiary/aromatic N) is 3. The number of aromatic nitrogens is 3. The average Bonchev–Trinajstić information content (AvgIpc) is 3.12. The molecule has 148 valence electrons. The molecule has 0 spiro atoms. The number of benzene rings is 2. The third-order valence-corrected chi connectivity index (χ3v) is 5.39. The summed E-state index contributed by atoms with van der Waals surface area (Å²) in [6, 6.07) is 18.8. The largest absolute Gasteiger partial charge is 0.395 e. The van der Waals surface area contributed by atoms with E-state index in [0.29, 0.717) is 6.54 Å². The Morgan fingerprint density at radius 1 is 0.964 bits per heavy atom. The van der Waals surface area contributed by atoms with Crippen LogP contribution < -0.4 is 5.32 Å². The van der Waals surface area contributed by atoms with E-state index in [-0.39, 0.29) is 12.0 Å². The van der Waals surface area contributed by atoms with Crippen LogP contribution >= 0.6 is 11.8 Å². The molecule has 0 aliphatic heterocycles. The molecule has 0 bridgehead atoms. The zero-order valence-corrected chi connectivity index (χ0v) is 17.5. The minimum atomic E-state index is 0.119. The van der Waals surface area contributed by atoms with Gasteiger partial charge in [0, 0.05) is 30.1 Å². The van der Waals surface area contributed by atoms with Gasteiger partial charge in [-0.05, 0) is 23.1 Å². The van der Waals surface area contributed by atoms with Gasteiger partial charge in [0.2, 0.25) is 0 Å². The first kappa shape index (κ1) is 20.6. The summed E-state index contributed by atoms with van der Waals surface area (Å²) >= 11 is 1.66. The first-order valence-corrected chi connectivity index (χ1v) is 10.6. The molecule has 0 aliphatic carbocycles. The smallest absolute Gasteiger partial charge is 0.196 e. The number of rotatable bonds is 8. The maximum atomic E-state index is 8.88. The van der Waals surface area contributed by atoms with E-state index in [0.717, 1.165) is 34.5 Å². The molecule has 2 N–H and O–H groups in total. The summed E-state index contributed by atoms with van der Waals surface area (Å²) in [7, 11) is 0. The lowest BCUT2D eigenvalue weighted by molar-refractivity contribution is 0.294. The van der Waals surface area contributed by atoms with Crippen LogP contribution in [0.15, 0.2) is 59.8 Å². The van der Waals surface area contributed by atoms with Crippen molar-refractivity contribution in [2.24, 2.45) is 0 Å². The van der Waals surface area contributed by atoms with Crippen LogP contribution in [0.5, 0.6) is 0 Å². The van der Waals surface area contributed by atoms with Crippen LogP contribution in [0.25, 0.3) is 17.1 Å². The number of nitrogens with one attached hydrogen (secondary N) is 1. The lowest BCUT2D eigenvalue weighted by Gasteiger charge is -2.19. The van der Waals surface area contributed by atoms with Crippen LogP contribution in [0.3, 0.4) is 0 Å². The summed E-state index contributed by atoms with van der Waals surface area (Å²) < 4.78 is 2.11. The van der Waals surface area contributed by atoms with E-state index in [1.54, 1.807) is 11.8 Å². The molecule has 3 rings (SSSR count). The fourth-order valence-electron chi connectivity index (χ4n) is 2.90. The maximum absolute atomic E-state index is 8.88. The van der Waals surface area contributed by atoms with Crippen molar-refractivity contribution >= 4 is 11.8 Å². The monoisotopic (exact) mass is 396 g/mol. The number of aliphatic hydroxyl groups excluding tert-OH is 1. The first-order valence-electron chi connectivity index (χ1n) is 9.57. The summed E-state index contributed by atoms with van der Waals surface area (Å²) in [5.41, 5.74) is 3.52. The van der Waals surface area contributed by atoms with Crippen molar-refractivity contribution in [2.45, 2.75) is 31.3 Å². The predicted octanol–water partition coefficient (Wildman–Crippen LogP) is 3.91. The molecule has 6 heteroatoms. The van der Waals surface area contributed by atoms with Crippen LogP contribution in [0.1, 0.15) is 26.3 Å². The third kappa shape index (κ3) is 5.01. The normalized spacial score (nSPS) is 11.7. The minimum absolute atomic E-state index is 0.119. The molecule has 0 saturated carbocycles. The van der Waals surface area contributed by atoms with Gasteiger partial charge in [-0.25, -0.2) is 0 Å². The summed E-state index contributed by atoms with van der Waals surface area (Å²) in [5.74, 6) is 1.70. The summed E-state index contributed by atoms with van der Waals surface area (Å²) in [5, 5.41) is 21.9. The van der Waals surface area contributed by atoms with E-state index in [2.05, 4.69) is 77.3 Å². The van der Waals surface area contributed by atoms with Gasteiger partial charge in [0.1, 0.15) is 0 Å².